The van der Waals surface area contributed by atoms with Gasteiger partial charge in [0.25, 0.3) is 5.91 Å². The molecule has 0 fully saturated rings. The van der Waals surface area contributed by atoms with Crippen molar-refractivity contribution in [3.8, 4) is 5.75 Å². The molecule has 0 heterocycles. The van der Waals surface area contributed by atoms with Gasteiger partial charge in [-0.2, -0.15) is 0 Å². The molecule has 3 N–H and O–H groups in total. The van der Waals surface area contributed by atoms with Crippen molar-refractivity contribution in [2.45, 2.75) is 78.1 Å². The van der Waals surface area contributed by atoms with Crippen molar-refractivity contribution in [2.75, 3.05) is 5.32 Å². The molecule has 0 radical (unpaired) electrons. The van der Waals surface area contributed by atoms with Gasteiger partial charge in [-0.05, 0) is 64.3 Å². The molecule has 0 bridgehead atoms. The average molecular weight is 594 g/mol. The summed E-state index contributed by atoms with van der Waals surface area (Å²) < 4.78 is 5.48. The van der Waals surface area contributed by atoms with Gasteiger partial charge in [0.05, 0.1) is 10.7 Å². The van der Waals surface area contributed by atoms with Gasteiger partial charge in [-0.3, -0.25) is 9.59 Å². The largest absolute Gasteiger partial charge is 0.508 e. The lowest BCUT2D eigenvalue weighted by Gasteiger charge is -2.38. The molecule has 0 aliphatic heterocycles. The van der Waals surface area contributed by atoms with E-state index >= 15 is 0 Å². The highest BCUT2D eigenvalue weighted by Gasteiger charge is 2.40. The van der Waals surface area contributed by atoms with Crippen molar-refractivity contribution in [1.29, 1.82) is 0 Å². The zero-order valence-corrected chi connectivity index (χ0v) is 25.7. The van der Waals surface area contributed by atoms with Crippen molar-refractivity contribution in [2.24, 2.45) is 0 Å². The van der Waals surface area contributed by atoms with Gasteiger partial charge in [0.2, 0.25) is 5.91 Å². The summed E-state index contributed by atoms with van der Waals surface area (Å²) in [7, 11) is 0. The number of aryl methyl sites for hydroxylation is 1. The molecule has 3 amide bonds. The molecule has 9 heteroatoms. The number of halogens is 1. The van der Waals surface area contributed by atoms with Gasteiger partial charge < -0.3 is 25.4 Å². The Kier molecular flexibility index (Phi) is 11.0. The lowest BCUT2D eigenvalue weighted by atomic mass is 9.97. The third-order valence-electron chi connectivity index (χ3n) is 6.82. The van der Waals surface area contributed by atoms with E-state index in [-0.39, 0.29) is 17.7 Å². The summed E-state index contributed by atoms with van der Waals surface area (Å²) in [6, 6.07) is 18.2. The average Bonchev–Trinajstić information content (AvgIpc) is 2.92. The minimum absolute atomic E-state index is 0.144. The predicted octanol–water partition coefficient (Wildman–Crippen LogP) is 6.80. The first-order valence-electron chi connectivity index (χ1n) is 14.0. The number of hydrogen-bond acceptors (Lipinski definition) is 5. The number of anilines is 1. The lowest BCUT2D eigenvalue weighted by Crippen LogP contribution is -2.55. The van der Waals surface area contributed by atoms with E-state index in [1.807, 2.05) is 57.2 Å². The molecule has 0 saturated carbocycles. The number of benzene rings is 3. The maximum absolute atomic E-state index is 14.5. The molecule has 42 heavy (non-hydrogen) atoms. The van der Waals surface area contributed by atoms with E-state index in [2.05, 4.69) is 10.6 Å². The van der Waals surface area contributed by atoms with Crippen molar-refractivity contribution < 1.29 is 24.2 Å². The normalized spacial score (nSPS) is 13.4. The minimum atomic E-state index is -1.25. The molecule has 3 unspecified atom stereocenters. The van der Waals surface area contributed by atoms with Crippen LogP contribution in [0.5, 0.6) is 5.75 Å². The Balaban J connectivity index is 2.12. The van der Waals surface area contributed by atoms with Crippen molar-refractivity contribution in [1.82, 2.24) is 10.2 Å². The van der Waals surface area contributed by atoms with Gasteiger partial charge in [-0.15, -0.1) is 0 Å². The summed E-state index contributed by atoms with van der Waals surface area (Å²) in [6.07, 6.45) is -0.0975. The molecule has 8 nitrogen and oxygen atoms in total. The van der Waals surface area contributed by atoms with Crippen molar-refractivity contribution in [3.63, 3.8) is 0 Å². The fourth-order valence-electron chi connectivity index (χ4n) is 4.59. The number of para-hydroxylation sites is 2. The van der Waals surface area contributed by atoms with Crippen LogP contribution in [0.1, 0.15) is 63.8 Å². The van der Waals surface area contributed by atoms with Gasteiger partial charge in [0, 0.05) is 18.0 Å². The van der Waals surface area contributed by atoms with E-state index in [0.717, 1.165) is 11.1 Å². The van der Waals surface area contributed by atoms with Crippen LogP contribution in [0, 0.1) is 6.92 Å². The van der Waals surface area contributed by atoms with Crippen molar-refractivity contribution in [3.05, 3.63) is 94.5 Å². The first kappa shape index (κ1) is 32.5. The number of nitrogens with one attached hydrogen (secondary N) is 2. The van der Waals surface area contributed by atoms with E-state index in [1.54, 1.807) is 51.1 Å². The number of amides is 3. The molecule has 224 valence electrons. The van der Waals surface area contributed by atoms with E-state index in [0.29, 0.717) is 17.1 Å². The number of phenols is 1. The molecule has 3 rings (SSSR count). The summed E-state index contributed by atoms with van der Waals surface area (Å²) in [4.78, 5) is 43.0. The number of aromatic hydroxyl groups is 1. The van der Waals surface area contributed by atoms with Crippen LogP contribution in [0.3, 0.4) is 0 Å². The minimum Gasteiger partial charge on any atom is -0.508 e. The maximum atomic E-state index is 14.5. The number of carbonyl (C=O) groups is 3. The van der Waals surface area contributed by atoms with Gasteiger partial charge in [0.15, 0.2) is 0 Å². The quantitative estimate of drug-likeness (QED) is 0.240. The third kappa shape index (κ3) is 8.49. The Labute approximate surface area is 253 Å². The van der Waals surface area contributed by atoms with E-state index in [9.17, 15) is 19.5 Å². The van der Waals surface area contributed by atoms with Crippen LogP contribution in [0.4, 0.5) is 10.5 Å². The molecule has 3 atom stereocenters. The van der Waals surface area contributed by atoms with Crippen molar-refractivity contribution >= 4 is 35.2 Å². The Morgan fingerprint density at radius 1 is 0.976 bits per heavy atom. The van der Waals surface area contributed by atoms with Crippen LogP contribution in [0.25, 0.3) is 0 Å². The molecular formula is C33H40ClN3O5. The molecular weight excluding hydrogens is 554 g/mol. The predicted molar refractivity (Wildman–Crippen MR) is 166 cm³/mol. The van der Waals surface area contributed by atoms with Crippen LogP contribution < -0.4 is 10.6 Å². The number of hydrogen-bond donors (Lipinski definition) is 3. The summed E-state index contributed by atoms with van der Waals surface area (Å²) in [5, 5.41) is 16.9. The number of rotatable bonds is 10. The van der Waals surface area contributed by atoms with Crippen LogP contribution >= 0.6 is 11.6 Å². The molecule has 0 aromatic heterocycles. The van der Waals surface area contributed by atoms with E-state index < -0.39 is 41.6 Å². The van der Waals surface area contributed by atoms with Gasteiger partial charge in [-0.1, -0.05) is 79.2 Å². The summed E-state index contributed by atoms with van der Waals surface area (Å²) >= 11 is 6.43. The van der Waals surface area contributed by atoms with Crippen LogP contribution in [-0.4, -0.2) is 45.6 Å². The molecule has 0 saturated heterocycles. The smallest absolute Gasteiger partial charge is 0.408 e. The number of ether oxygens (including phenoxy) is 1. The fourth-order valence-corrected chi connectivity index (χ4v) is 4.86. The third-order valence-corrected chi connectivity index (χ3v) is 7.13. The summed E-state index contributed by atoms with van der Waals surface area (Å²) in [5.41, 5.74) is 1.41. The Bertz CT molecular complexity index is 1370. The summed E-state index contributed by atoms with van der Waals surface area (Å²) in [5.74, 6) is -1.20. The highest BCUT2D eigenvalue weighted by molar-refractivity contribution is 6.34. The maximum Gasteiger partial charge on any atom is 0.408 e. The number of alkyl carbamates (subject to hydrolysis) is 1. The van der Waals surface area contributed by atoms with Gasteiger partial charge in [0.1, 0.15) is 23.4 Å². The lowest BCUT2D eigenvalue weighted by molar-refractivity contribution is -0.143. The fraction of sp³-hybridized carbons (Fsp3) is 0.364. The highest BCUT2D eigenvalue weighted by Crippen LogP contribution is 2.34. The Morgan fingerprint density at radius 2 is 1.62 bits per heavy atom. The molecule has 3 aromatic carbocycles. The zero-order valence-electron chi connectivity index (χ0n) is 25.0. The number of phenolic OH excluding ortho intramolecular Hbond substituents is 1. The second-order valence-corrected chi connectivity index (χ2v) is 11.7. The highest BCUT2D eigenvalue weighted by atomic mass is 35.5. The second-order valence-electron chi connectivity index (χ2n) is 11.3. The van der Waals surface area contributed by atoms with Gasteiger partial charge in [-0.25, -0.2) is 4.79 Å². The molecule has 0 aliphatic carbocycles. The Hall–Kier alpha value is -4.04. The first-order valence-corrected chi connectivity index (χ1v) is 14.4. The SMILES string of the molecule is CCC(C)N(C(=O)C(Cc1ccccc1)NC(=O)OC(C)(C)C)C(C(=O)Nc1c(C)cccc1Cl)c1ccccc1O. The summed E-state index contributed by atoms with van der Waals surface area (Å²) in [6.45, 7) is 10.8. The number of nitrogens with zero attached hydrogens (tertiary/aromatic N) is 1. The standard InChI is InChI=1S/C33H40ClN3O5/c1-7-22(3)37(31(40)26(20-23-15-9-8-10-16-23)35-32(41)42-33(4,5)6)29(24-17-11-12-19-27(24)38)30(39)36-28-21(2)14-13-18-25(28)34/h8-19,22,26,29,38H,7,20H2,1-6H3,(H,35,41)(H,36,39). The second kappa shape index (κ2) is 14.2. The Morgan fingerprint density at radius 3 is 2.21 bits per heavy atom. The molecule has 0 aliphatic rings. The van der Waals surface area contributed by atoms with Crippen LogP contribution in [-0.2, 0) is 20.7 Å². The number of carbonyl (C=O) groups excluding carboxylic acids is 3. The van der Waals surface area contributed by atoms with E-state index in [4.69, 9.17) is 16.3 Å². The monoisotopic (exact) mass is 593 g/mol. The van der Waals surface area contributed by atoms with Crippen LogP contribution in [0.15, 0.2) is 72.8 Å². The van der Waals surface area contributed by atoms with Gasteiger partial charge >= 0.3 is 6.09 Å². The zero-order chi connectivity index (χ0) is 31.0. The molecule has 3 aromatic rings. The van der Waals surface area contributed by atoms with E-state index in [1.165, 1.54) is 11.0 Å². The first-order chi connectivity index (χ1) is 19.8. The topological polar surface area (TPSA) is 108 Å². The molecule has 0 spiro atoms. The van der Waals surface area contributed by atoms with Crippen LogP contribution in [0.2, 0.25) is 5.02 Å².